The summed E-state index contributed by atoms with van der Waals surface area (Å²) in [5, 5.41) is 4.05. The van der Waals surface area contributed by atoms with Crippen LogP contribution >= 0.6 is 11.6 Å². The van der Waals surface area contributed by atoms with Crippen LogP contribution in [0.3, 0.4) is 0 Å². The number of pyridine rings is 1. The Balaban J connectivity index is 1.62. The maximum Gasteiger partial charge on any atom is 0.255 e. The number of nitrogens with one attached hydrogen (secondary N) is 1. The fraction of sp³-hybridized carbons (Fsp3) is 0.200. The topological polar surface area (TPSA) is 88.6 Å². The molecule has 0 aliphatic carbocycles. The highest BCUT2D eigenvalue weighted by Gasteiger charge is 2.27. The van der Waals surface area contributed by atoms with Crippen molar-refractivity contribution in [3.63, 3.8) is 0 Å². The van der Waals surface area contributed by atoms with Crippen molar-refractivity contribution in [3.05, 3.63) is 65.3 Å². The number of fused-ring (bicyclic) bond motifs is 1. The van der Waals surface area contributed by atoms with Gasteiger partial charge in [-0.1, -0.05) is 17.7 Å². The Hall–Kier alpha value is -2.52. The van der Waals surface area contributed by atoms with E-state index in [9.17, 15) is 13.2 Å². The van der Waals surface area contributed by atoms with E-state index in [0.29, 0.717) is 47.9 Å². The molecule has 29 heavy (non-hydrogen) atoms. The van der Waals surface area contributed by atoms with E-state index in [1.165, 1.54) is 16.4 Å². The molecule has 1 aromatic heterocycles. The molecule has 1 saturated heterocycles. The number of ether oxygens (including phenoxy) is 1. The number of nitrogens with zero attached hydrogens (tertiary/aromatic N) is 2. The first-order chi connectivity index (χ1) is 13.9. The monoisotopic (exact) mass is 431 g/mol. The number of rotatable bonds is 4. The Bertz CT molecular complexity index is 1180. The predicted molar refractivity (Wildman–Crippen MR) is 111 cm³/mol. The van der Waals surface area contributed by atoms with Gasteiger partial charge < -0.3 is 10.1 Å². The molecule has 2 aromatic carbocycles. The lowest BCUT2D eigenvalue weighted by atomic mass is 10.1. The van der Waals surface area contributed by atoms with Crippen molar-refractivity contribution in [2.75, 3.05) is 31.6 Å². The fourth-order valence-electron chi connectivity index (χ4n) is 3.16. The van der Waals surface area contributed by atoms with Gasteiger partial charge >= 0.3 is 0 Å². The Kier molecular flexibility index (Phi) is 5.51. The minimum absolute atomic E-state index is 0.0784. The third-order valence-electron chi connectivity index (χ3n) is 4.66. The number of aromatic nitrogens is 1. The fourth-order valence-corrected chi connectivity index (χ4v) is 4.78. The molecule has 1 amide bonds. The molecule has 0 saturated carbocycles. The number of benzene rings is 2. The highest BCUT2D eigenvalue weighted by molar-refractivity contribution is 7.89. The van der Waals surface area contributed by atoms with Crippen LogP contribution in [-0.4, -0.2) is 49.9 Å². The molecule has 1 fully saturated rings. The number of sulfonamides is 1. The molecule has 0 spiro atoms. The molecule has 1 aliphatic rings. The van der Waals surface area contributed by atoms with Crippen LogP contribution in [0.1, 0.15) is 10.4 Å². The lowest BCUT2D eigenvalue weighted by Crippen LogP contribution is -2.40. The smallest absolute Gasteiger partial charge is 0.255 e. The van der Waals surface area contributed by atoms with Gasteiger partial charge in [-0.05, 0) is 42.5 Å². The molecular formula is C20H18ClN3O4S. The van der Waals surface area contributed by atoms with E-state index in [0.717, 1.165) is 0 Å². The molecule has 0 unspecified atom stereocenters. The van der Waals surface area contributed by atoms with E-state index in [1.54, 1.807) is 42.6 Å². The number of morpholine rings is 1. The van der Waals surface area contributed by atoms with Gasteiger partial charge in [-0.3, -0.25) is 9.78 Å². The van der Waals surface area contributed by atoms with Crippen molar-refractivity contribution < 1.29 is 17.9 Å². The van der Waals surface area contributed by atoms with Crippen LogP contribution in [0, 0.1) is 0 Å². The van der Waals surface area contributed by atoms with Crippen molar-refractivity contribution in [3.8, 4) is 0 Å². The largest absolute Gasteiger partial charge is 0.379 e. The molecule has 3 aromatic rings. The van der Waals surface area contributed by atoms with Crippen LogP contribution in [-0.2, 0) is 14.8 Å². The quantitative estimate of drug-likeness (QED) is 0.685. The maximum absolute atomic E-state index is 12.8. The molecule has 4 rings (SSSR count). The van der Waals surface area contributed by atoms with Crippen LogP contribution in [0.2, 0.25) is 5.02 Å². The summed E-state index contributed by atoms with van der Waals surface area (Å²) in [5.74, 6) is -0.420. The Morgan fingerprint density at radius 2 is 1.90 bits per heavy atom. The summed E-state index contributed by atoms with van der Waals surface area (Å²) in [7, 11) is -3.69. The number of carbonyl (C=O) groups excluding carboxylic acids is 1. The zero-order valence-corrected chi connectivity index (χ0v) is 16.9. The second-order valence-corrected chi connectivity index (χ2v) is 8.89. The van der Waals surface area contributed by atoms with E-state index < -0.39 is 15.9 Å². The average Bonchev–Trinajstić information content (AvgIpc) is 2.75. The zero-order valence-electron chi connectivity index (χ0n) is 15.3. The number of amides is 1. The summed E-state index contributed by atoms with van der Waals surface area (Å²) in [6.45, 7) is 1.30. The summed E-state index contributed by atoms with van der Waals surface area (Å²) in [6, 6.07) is 12.9. The second kappa shape index (κ2) is 8.08. The van der Waals surface area contributed by atoms with Crippen molar-refractivity contribution in [2.45, 2.75) is 4.90 Å². The van der Waals surface area contributed by atoms with Gasteiger partial charge in [0, 0.05) is 35.3 Å². The molecule has 1 N–H and O–H groups in total. The summed E-state index contributed by atoms with van der Waals surface area (Å²) in [4.78, 5) is 17.1. The summed E-state index contributed by atoms with van der Waals surface area (Å²) >= 11 is 6.07. The van der Waals surface area contributed by atoms with E-state index in [-0.39, 0.29) is 10.5 Å². The molecule has 0 atom stereocenters. The van der Waals surface area contributed by atoms with E-state index in [1.807, 2.05) is 0 Å². The first-order valence-corrected chi connectivity index (χ1v) is 10.8. The Morgan fingerprint density at radius 3 is 2.69 bits per heavy atom. The molecule has 0 bridgehead atoms. The summed E-state index contributed by atoms with van der Waals surface area (Å²) < 4.78 is 32.3. The van der Waals surface area contributed by atoms with Crippen LogP contribution in [0.4, 0.5) is 5.69 Å². The summed E-state index contributed by atoms with van der Waals surface area (Å²) in [6.07, 6.45) is 1.59. The Morgan fingerprint density at radius 1 is 1.10 bits per heavy atom. The molecule has 1 aliphatic heterocycles. The lowest BCUT2D eigenvalue weighted by molar-refractivity contribution is 0.0730. The maximum atomic E-state index is 12.8. The normalized spacial score (nSPS) is 15.3. The van der Waals surface area contributed by atoms with Crippen LogP contribution in [0.25, 0.3) is 10.9 Å². The first kappa shape index (κ1) is 19.8. The molecule has 9 heteroatoms. The van der Waals surface area contributed by atoms with E-state index in [4.69, 9.17) is 16.3 Å². The molecule has 2 heterocycles. The highest BCUT2D eigenvalue weighted by Crippen LogP contribution is 2.26. The van der Waals surface area contributed by atoms with Gasteiger partial charge in [0.25, 0.3) is 5.91 Å². The van der Waals surface area contributed by atoms with E-state index in [2.05, 4.69) is 10.3 Å². The number of carbonyl (C=O) groups is 1. The number of hydrogen-bond donors (Lipinski definition) is 1. The highest BCUT2D eigenvalue weighted by atomic mass is 35.5. The predicted octanol–water partition coefficient (Wildman–Crippen LogP) is 3.16. The van der Waals surface area contributed by atoms with Gasteiger partial charge in [0.15, 0.2) is 0 Å². The number of hydrogen-bond acceptors (Lipinski definition) is 5. The SMILES string of the molecule is O=C(Nc1ccnc2ccc(Cl)cc12)c1cccc(S(=O)(=O)N2CCOCC2)c1. The van der Waals surface area contributed by atoms with E-state index >= 15 is 0 Å². The van der Waals surface area contributed by atoms with Gasteiger partial charge in [-0.2, -0.15) is 4.31 Å². The molecule has 150 valence electrons. The van der Waals surface area contributed by atoms with Gasteiger partial charge in [-0.15, -0.1) is 0 Å². The van der Waals surface area contributed by atoms with Gasteiger partial charge in [0.05, 0.1) is 29.3 Å². The standard InChI is InChI=1S/C20H18ClN3O4S/c21-15-4-5-18-17(13-15)19(6-7-22-18)23-20(25)14-2-1-3-16(12-14)29(26,27)24-8-10-28-11-9-24/h1-7,12-13H,8-11H2,(H,22,23,25). The lowest BCUT2D eigenvalue weighted by Gasteiger charge is -2.26. The Labute approximate surface area is 173 Å². The van der Waals surface area contributed by atoms with Crippen molar-refractivity contribution in [2.24, 2.45) is 0 Å². The number of anilines is 1. The van der Waals surface area contributed by atoms with Gasteiger partial charge in [0.2, 0.25) is 10.0 Å². The van der Waals surface area contributed by atoms with Crippen molar-refractivity contribution >= 4 is 44.1 Å². The third kappa shape index (κ3) is 4.11. The average molecular weight is 432 g/mol. The van der Waals surface area contributed by atoms with Crippen molar-refractivity contribution in [1.82, 2.24) is 9.29 Å². The zero-order chi connectivity index (χ0) is 20.4. The third-order valence-corrected chi connectivity index (χ3v) is 6.79. The molecular weight excluding hydrogens is 414 g/mol. The molecule has 7 nitrogen and oxygen atoms in total. The van der Waals surface area contributed by atoms with Crippen LogP contribution in [0.5, 0.6) is 0 Å². The van der Waals surface area contributed by atoms with Gasteiger partial charge in [0.1, 0.15) is 0 Å². The van der Waals surface area contributed by atoms with Crippen LogP contribution < -0.4 is 5.32 Å². The second-order valence-electron chi connectivity index (χ2n) is 6.52. The minimum Gasteiger partial charge on any atom is -0.379 e. The first-order valence-electron chi connectivity index (χ1n) is 8.99. The summed E-state index contributed by atoms with van der Waals surface area (Å²) in [5.41, 5.74) is 1.48. The van der Waals surface area contributed by atoms with Crippen LogP contribution in [0.15, 0.2) is 59.6 Å². The van der Waals surface area contributed by atoms with Gasteiger partial charge in [-0.25, -0.2) is 8.42 Å². The molecule has 0 radical (unpaired) electrons. The number of halogens is 1. The minimum atomic E-state index is -3.69. The van der Waals surface area contributed by atoms with Crippen molar-refractivity contribution in [1.29, 1.82) is 0 Å².